The summed E-state index contributed by atoms with van der Waals surface area (Å²) < 4.78 is 0.0946. The van der Waals surface area contributed by atoms with Gasteiger partial charge >= 0.3 is 0 Å². The van der Waals surface area contributed by atoms with E-state index in [-0.39, 0.29) is 4.08 Å². The SMILES string of the molecule is C=CC1(CC2(O)CCCC2)SCCCS1. The predicted molar refractivity (Wildman–Crippen MR) is 70.5 cm³/mol. The van der Waals surface area contributed by atoms with Gasteiger partial charge in [-0.15, -0.1) is 30.1 Å². The second-order valence-corrected chi connectivity index (χ2v) is 7.78. The maximum absolute atomic E-state index is 10.5. The first kappa shape index (κ1) is 11.9. The van der Waals surface area contributed by atoms with Crippen molar-refractivity contribution in [3.63, 3.8) is 0 Å². The fourth-order valence-electron chi connectivity index (χ4n) is 2.55. The van der Waals surface area contributed by atoms with E-state index in [0.717, 1.165) is 19.3 Å². The summed E-state index contributed by atoms with van der Waals surface area (Å²) in [7, 11) is 0. The molecule has 1 nitrogen and oxygen atoms in total. The van der Waals surface area contributed by atoms with Gasteiger partial charge in [0.1, 0.15) is 0 Å². The van der Waals surface area contributed by atoms with Crippen molar-refractivity contribution in [3.8, 4) is 0 Å². The molecule has 15 heavy (non-hydrogen) atoms. The van der Waals surface area contributed by atoms with E-state index >= 15 is 0 Å². The highest BCUT2D eigenvalue weighted by molar-refractivity contribution is 8.19. The molecule has 1 saturated heterocycles. The smallest absolute Gasteiger partial charge is 0.0816 e. The molecule has 0 radical (unpaired) electrons. The van der Waals surface area contributed by atoms with E-state index in [2.05, 4.69) is 12.7 Å². The lowest BCUT2D eigenvalue weighted by Crippen LogP contribution is -2.36. The van der Waals surface area contributed by atoms with Gasteiger partial charge in [0.2, 0.25) is 0 Å². The summed E-state index contributed by atoms with van der Waals surface area (Å²) in [6.07, 6.45) is 8.63. The van der Waals surface area contributed by atoms with Gasteiger partial charge in [-0.1, -0.05) is 18.9 Å². The molecule has 0 aromatic rings. The molecule has 0 aromatic heterocycles. The van der Waals surface area contributed by atoms with Crippen molar-refractivity contribution in [2.45, 2.75) is 48.2 Å². The zero-order chi connectivity index (χ0) is 10.8. The van der Waals surface area contributed by atoms with Gasteiger partial charge in [0, 0.05) is 6.42 Å². The Labute approximate surface area is 101 Å². The third kappa shape index (κ3) is 2.75. The molecule has 1 N–H and O–H groups in total. The minimum absolute atomic E-state index is 0.0946. The molecule has 1 aliphatic heterocycles. The fourth-order valence-corrected chi connectivity index (χ4v) is 5.81. The first-order chi connectivity index (χ1) is 7.18. The number of aliphatic hydroxyl groups is 1. The molecular formula is C12H20OS2. The van der Waals surface area contributed by atoms with Crippen LogP contribution in [0, 0.1) is 0 Å². The van der Waals surface area contributed by atoms with Crippen molar-refractivity contribution in [2.24, 2.45) is 0 Å². The summed E-state index contributed by atoms with van der Waals surface area (Å²) in [5.41, 5.74) is -0.397. The monoisotopic (exact) mass is 244 g/mol. The molecule has 0 bridgehead atoms. The Balaban J connectivity index is 2.02. The Hall–Kier alpha value is 0.400. The topological polar surface area (TPSA) is 20.2 Å². The molecule has 2 fully saturated rings. The fraction of sp³-hybridized carbons (Fsp3) is 0.833. The molecule has 1 heterocycles. The average Bonchev–Trinajstić information content (AvgIpc) is 2.66. The minimum atomic E-state index is -0.397. The molecule has 0 atom stereocenters. The highest BCUT2D eigenvalue weighted by atomic mass is 32.2. The summed E-state index contributed by atoms with van der Waals surface area (Å²) in [6, 6.07) is 0. The van der Waals surface area contributed by atoms with Crippen molar-refractivity contribution in [2.75, 3.05) is 11.5 Å². The lowest BCUT2D eigenvalue weighted by atomic mass is 9.95. The van der Waals surface area contributed by atoms with Crippen LogP contribution in [0.3, 0.4) is 0 Å². The Morgan fingerprint density at radius 3 is 2.27 bits per heavy atom. The van der Waals surface area contributed by atoms with E-state index in [1.807, 2.05) is 23.5 Å². The standard InChI is InChI=1S/C12H20OS2/c1-2-12(14-8-5-9-15-12)10-11(13)6-3-4-7-11/h2,13H,1,3-10H2. The van der Waals surface area contributed by atoms with Crippen LogP contribution in [0.4, 0.5) is 0 Å². The number of rotatable bonds is 3. The van der Waals surface area contributed by atoms with Crippen LogP contribution in [-0.2, 0) is 0 Å². The van der Waals surface area contributed by atoms with Crippen LogP contribution in [0.15, 0.2) is 12.7 Å². The molecular weight excluding hydrogens is 224 g/mol. The van der Waals surface area contributed by atoms with Crippen LogP contribution in [0.2, 0.25) is 0 Å². The lowest BCUT2D eigenvalue weighted by molar-refractivity contribution is 0.0390. The van der Waals surface area contributed by atoms with Gasteiger partial charge in [0.25, 0.3) is 0 Å². The first-order valence-electron chi connectivity index (χ1n) is 5.82. The molecule has 0 unspecified atom stereocenters. The summed E-state index contributed by atoms with van der Waals surface area (Å²) in [5, 5.41) is 10.5. The maximum Gasteiger partial charge on any atom is 0.0816 e. The van der Waals surface area contributed by atoms with Crippen molar-refractivity contribution < 1.29 is 5.11 Å². The van der Waals surface area contributed by atoms with Crippen LogP contribution in [-0.4, -0.2) is 26.3 Å². The van der Waals surface area contributed by atoms with Gasteiger partial charge in [0.15, 0.2) is 0 Å². The molecule has 1 saturated carbocycles. The Morgan fingerprint density at radius 1 is 1.13 bits per heavy atom. The van der Waals surface area contributed by atoms with Gasteiger partial charge in [0.05, 0.1) is 9.68 Å². The Kier molecular flexibility index (Phi) is 3.74. The van der Waals surface area contributed by atoms with Gasteiger partial charge in [-0.05, 0) is 30.8 Å². The third-order valence-electron chi connectivity index (χ3n) is 3.40. The molecule has 2 aliphatic rings. The van der Waals surface area contributed by atoms with E-state index in [4.69, 9.17) is 0 Å². The van der Waals surface area contributed by atoms with E-state index in [1.54, 1.807) is 0 Å². The largest absolute Gasteiger partial charge is 0.390 e. The second-order valence-electron chi connectivity index (χ2n) is 4.67. The zero-order valence-electron chi connectivity index (χ0n) is 9.21. The summed E-state index contributed by atoms with van der Waals surface area (Å²) >= 11 is 3.96. The van der Waals surface area contributed by atoms with Crippen LogP contribution < -0.4 is 0 Å². The van der Waals surface area contributed by atoms with Crippen LogP contribution in [0.25, 0.3) is 0 Å². The van der Waals surface area contributed by atoms with Gasteiger partial charge in [-0.2, -0.15) is 0 Å². The Bertz CT molecular complexity index is 228. The molecule has 0 amide bonds. The number of thioether (sulfide) groups is 2. The molecule has 86 valence electrons. The molecule has 0 spiro atoms. The van der Waals surface area contributed by atoms with Gasteiger partial charge in [-0.3, -0.25) is 0 Å². The van der Waals surface area contributed by atoms with Gasteiger partial charge in [-0.25, -0.2) is 0 Å². The maximum atomic E-state index is 10.5. The average molecular weight is 244 g/mol. The van der Waals surface area contributed by atoms with Crippen LogP contribution >= 0.6 is 23.5 Å². The number of hydrogen-bond acceptors (Lipinski definition) is 3. The van der Waals surface area contributed by atoms with Gasteiger partial charge < -0.3 is 5.11 Å². The highest BCUT2D eigenvalue weighted by Gasteiger charge is 2.41. The van der Waals surface area contributed by atoms with E-state index in [9.17, 15) is 5.11 Å². The normalized spacial score (nSPS) is 28.9. The van der Waals surface area contributed by atoms with Crippen molar-refractivity contribution >= 4 is 23.5 Å². The van der Waals surface area contributed by atoms with Crippen molar-refractivity contribution in [1.82, 2.24) is 0 Å². The summed E-state index contributed by atoms with van der Waals surface area (Å²) in [4.78, 5) is 0. The number of hydrogen-bond donors (Lipinski definition) is 1. The first-order valence-corrected chi connectivity index (χ1v) is 7.79. The predicted octanol–water partition coefficient (Wildman–Crippen LogP) is 3.43. The summed E-state index contributed by atoms with van der Waals surface area (Å²) in [6.45, 7) is 3.98. The molecule has 1 aliphatic carbocycles. The molecule has 3 heteroatoms. The van der Waals surface area contributed by atoms with Crippen molar-refractivity contribution in [3.05, 3.63) is 12.7 Å². The Morgan fingerprint density at radius 2 is 1.73 bits per heavy atom. The highest BCUT2D eigenvalue weighted by Crippen LogP contribution is 2.50. The van der Waals surface area contributed by atoms with Crippen LogP contribution in [0.1, 0.15) is 38.5 Å². The van der Waals surface area contributed by atoms with E-state index in [1.165, 1.54) is 30.8 Å². The van der Waals surface area contributed by atoms with E-state index in [0.29, 0.717) is 0 Å². The van der Waals surface area contributed by atoms with Crippen LogP contribution in [0.5, 0.6) is 0 Å². The minimum Gasteiger partial charge on any atom is -0.390 e. The lowest BCUT2D eigenvalue weighted by Gasteiger charge is -2.38. The quantitative estimate of drug-likeness (QED) is 0.768. The second kappa shape index (κ2) is 4.72. The zero-order valence-corrected chi connectivity index (χ0v) is 10.8. The van der Waals surface area contributed by atoms with E-state index < -0.39 is 5.60 Å². The summed E-state index contributed by atoms with van der Waals surface area (Å²) in [5.74, 6) is 2.43. The van der Waals surface area contributed by atoms with Crippen molar-refractivity contribution in [1.29, 1.82) is 0 Å². The molecule has 0 aromatic carbocycles. The third-order valence-corrected chi connectivity index (χ3v) is 6.69. The molecule has 2 rings (SSSR count).